The van der Waals surface area contributed by atoms with E-state index in [0.717, 1.165) is 167 Å². The van der Waals surface area contributed by atoms with E-state index >= 15 is 0 Å². The van der Waals surface area contributed by atoms with Crippen LogP contribution < -0.4 is 0 Å². The van der Waals surface area contributed by atoms with E-state index in [0.29, 0.717) is 0 Å². The molecule has 11 heteroatoms. The van der Waals surface area contributed by atoms with E-state index in [1.165, 1.54) is 0 Å². The number of pyridine rings is 8. The van der Waals surface area contributed by atoms with Gasteiger partial charge in [-0.25, -0.2) is 0 Å². The second kappa shape index (κ2) is 20.4. The normalized spacial score (nSPS) is 11.7. The highest BCUT2D eigenvalue weighted by Crippen LogP contribution is 2.47. The lowest BCUT2D eigenvalue weighted by Crippen LogP contribution is -1.97. The van der Waals surface area contributed by atoms with Gasteiger partial charge in [0.15, 0.2) is 0 Å². The molecule has 0 bridgehead atoms. The summed E-state index contributed by atoms with van der Waals surface area (Å²) in [4.78, 5) is 39.4. The van der Waals surface area contributed by atoms with Crippen LogP contribution in [0.2, 0.25) is 0 Å². The molecular weight excluding hydrogens is 1070 g/mol. The van der Waals surface area contributed by atoms with Gasteiger partial charge in [-0.05, 0) is 182 Å². The standard InChI is InChI=1S/C76H46N10O/c1-9-29-77-63(17-1)49-39-57-58-40-50(64-18-2-10-30-78-64)54(68-22-6-14-34-82-68)44-72(58)85(71(57)43-53(49)67-21-5-13-33-81-67)47-25-27-75-61(37-47)62-38-48(26-28-76(62)87-75)86-73-45-55(69-23-7-15-35-83-69)51(65-19-3-11-31-79-65)41-59(73)60-42-52(66-20-4-12-32-80-66)56(46-74(60)86)70-24-8-16-36-84-70/h1-46H. The molecule has 0 aliphatic heterocycles. The molecule has 0 fully saturated rings. The van der Waals surface area contributed by atoms with Gasteiger partial charge in [-0.1, -0.05) is 48.5 Å². The second-order valence-electron chi connectivity index (χ2n) is 21.5. The number of furan rings is 1. The van der Waals surface area contributed by atoms with Crippen LogP contribution in [-0.4, -0.2) is 49.0 Å². The lowest BCUT2D eigenvalue weighted by molar-refractivity contribution is 0.669. The van der Waals surface area contributed by atoms with Gasteiger partial charge < -0.3 is 13.6 Å². The highest BCUT2D eigenvalue weighted by Gasteiger charge is 2.25. The molecule has 0 unspecified atom stereocenters. The highest BCUT2D eigenvalue weighted by molar-refractivity contribution is 6.17. The summed E-state index contributed by atoms with van der Waals surface area (Å²) in [5.74, 6) is 0. The van der Waals surface area contributed by atoms with Crippen molar-refractivity contribution in [2.75, 3.05) is 0 Å². The quantitative estimate of drug-likeness (QED) is 0.132. The van der Waals surface area contributed by atoms with Gasteiger partial charge in [0.1, 0.15) is 11.2 Å². The number of fused-ring (bicyclic) bond motifs is 9. The molecule has 0 spiro atoms. The Morgan fingerprint density at radius 2 is 0.425 bits per heavy atom. The highest BCUT2D eigenvalue weighted by atomic mass is 16.3. The fraction of sp³-hybridized carbons (Fsp3) is 0. The molecule has 17 rings (SSSR count). The average molecular weight is 1120 g/mol. The van der Waals surface area contributed by atoms with Crippen molar-refractivity contribution in [3.05, 3.63) is 280 Å². The molecule has 6 aromatic carbocycles. The largest absolute Gasteiger partial charge is 0.456 e. The minimum absolute atomic E-state index is 0.766. The van der Waals surface area contributed by atoms with Gasteiger partial charge in [0.25, 0.3) is 0 Å². The van der Waals surface area contributed by atoms with Crippen LogP contribution in [0.1, 0.15) is 0 Å². The molecule has 0 aliphatic rings. The Labute approximate surface area is 497 Å². The van der Waals surface area contributed by atoms with Crippen LogP contribution in [0.5, 0.6) is 0 Å². The second-order valence-corrected chi connectivity index (χ2v) is 21.5. The molecule has 87 heavy (non-hydrogen) atoms. The van der Waals surface area contributed by atoms with E-state index < -0.39 is 0 Å². The van der Waals surface area contributed by atoms with Crippen LogP contribution in [0.15, 0.2) is 285 Å². The van der Waals surface area contributed by atoms with Crippen molar-refractivity contribution >= 4 is 65.6 Å². The van der Waals surface area contributed by atoms with Crippen LogP contribution in [0.3, 0.4) is 0 Å². The molecule has 0 aliphatic carbocycles. The summed E-state index contributed by atoms with van der Waals surface area (Å²) in [5.41, 5.74) is 21.9. The van der Waals surface area contributed by atoms with Gasteiger partial charge >= 0.3 is 0 Å². The molecule has 0 saturated heterocycles. The summed E-state index contributed by atoms with van der Waals surface area (Å²) in [6.07, 6.45) is 14.8. The number of nitrogens with zero attached hydrogens (tertiary/aromatic N) is 10. The zero-order valence-electron chi connectivity index (χ0n) is 46.4. The average Bonchev–Trinajstić information content (AvgIpc) is 1.63. The molecule has 0 radical (unpaired) electrons. The molecule has 17 aromatic rings. The summed E-state index contributed by atoms with van der Waals surface area (Å²) in [5, 5.41) is 6.12. The third-order valence-corrected chi connectivity index (χ3v) is 16.6. The first-order valence-electron chi connectivity index (χ1n) is 28.8. The van der Waals surface area contributed by atoms with E-state index in [4.69, 9.17) is 44.3 Å². The number of hydrogen-bond donors (Lipinski definition) is 0. The molecular formula is C76H46N10O. The third-order valence-electron chi connectivity index (χ3n) is 16.6. The van der Waals surface area contributed by atoms with Gasteiger partial charge in [-0.15, -0.1) is 0 Å². The van der Waals surface area contributed by atoms with E-state index in [1.807, 2.05) is 147 Å². The fourth-order valence-electron chi connectivity index (χ4n) is 12.7. The summed E-state index contributed by atoms with van der Waals surface area (Å²) in [6.45, 7) is 0. The van der Waals surface area contributed by atoms with Crippen LogP contribution in [0, 0.1) is 0 Å². The van der Waals surface area contributed by atoms with Crippen molar-refractivity contribution in [3.63, 3.8) is 0 Å². The van der Waals surface area contributed by atoms with E-state index in [9.17, 15) is 0 Å². The molecule has 0 N–H and O–H groups in total. The predicted molar refractivity (Wildman–Crippen MR) is 348 cm³/mol. The zero-order chi connectivity index (χ0) is 57.4. The van der Waals surface area contributed by atoms with Crippen LogP contribution >= 0.6 is 0 Å². The molecule has 11 nitrogen and oxygen atoms in total. The zero-order valence-corrected chi connectivity index (χ0v) is 46.4. The van der Waals surface area contributed by atoms with E-state index in [1.54, 1.807) is 0 Å². The lowest BCUT2D eigenvalue weighted by atomic mass is 9.95. The molecule has 11 aromatic heterocycles. The van der Waals surface area contributed by atoms with Crippen LogP contribution in [0.4, 0.5) is 0 Å². The smallest absolute Gasteiger partial charge is 0.135 e. The van der Waals surface area contributed by atoms with Crippen molar-refractivity contribution in [2.45, 2.75) is 0 Å². The maximum absolute atomic E-state index is 6.83. The summed E-state index contributed by atoms with van der Waals surface area (Å²) in [6, 6.07) is 79.7. The monoisotopic (exact) mass is 1110 g/mol. The van der Waals surface area contributed by atoms with Crippen molar-refractivity contribution in [2.24, 2.45) is 0 Å². The van der Waals surface area contributed by atoms with Crippen molar-refractivity contribution < 1.29 is 4.42 Å². The first-order valence-corrected chi connectivity index (χ1v) is 28.8. The Morgan fingerprint density at radius 3 is 0.632 bits per heavy atom. The van der Waals surface area contributed by atoms with Gasteiger partial charge in [-0.2, -0.15) is 0 Å². The van der Waals surface area contributed by atoms with E-state index in [2.05, 4.69) is 143 Å². The van der Waals surface area contributed by atoms with Crippen molar-refractivity contribution in [1.82, 2.24) is 49.0 Å². The molecule has 406 valence electrons. The number of aromatic nitrogens is 10. The maximum atomic E-state index is 6.83. The summed E-state index contributed by atoms with van der Waals surface area (Å²) >= 11 is 0. The Hall–Kier alpha value is -12.1. The molecule has 0 saturated carbocycles. The van der Waals surface area contributed by atoms with Crippen LogP contribution in [-0.2, 0) is 0 Å². The fourth-order valence-corrected chi connectivity index (χ4v) is 12.7. The SMILES string of the molecule is c1ccc(-c2cc3c4cc(-c5ccccn5)c(-c5ccccn5)cc4n(-c4ccc5oc6ccc(-n7c8cc(-c9ccccn9)c(-c9ccccn9)cc8c8cc(-c9ccccn9)c(-c9ccccn9)cc87)cc6c5c4)c3cc2-c2ccccn2)nc1. The number of rotatable bonds is 10. The van der Waals surface area contributed by atoms with Crippen LogP contribution in [0.25, 0.3) is 167 Å². The van der Waals surface area contributed by atoms with Gasteiger partial charge in [0.2, 0.25) is 0 Å². The Kier molecular flexibility index (Phi) is 11.6. The lowest BCUT2D eigenvalue weighted by Gasteiger charge is -2.14. The van der Waals surface area contributed by atoms with Crippen molar-refractivity contribution in [3.8, 4) is 101 Å². The number of hydrogen-bond acceptors (Lipinski definition) is 9. The molecule has 0 atom stereocenters. The predicted octanol–water partition coefficient (Wildman–Crippen LogP) is 18.3. The summed E-state index contributed by atoms with van der Waals surface area (Å²) < 4.78 is 11.6. The minimum atomic E-state index is 0.766. The van der Waals surface area contributed by atoms with Crippen molar-refractivity contribution in [1.29, 1.82) is 0 Å². The van der Waals surface area contributed by atoms with Gasteiger partial charge in [-0.3, -0.25) is 39.9 Å². The van der Waals surface area contributed by atoms with Gasteiger partial charge in [0.05, 0.1) is 67.6 Å². The Balaban J connectivity index is 0.944. The van der Waals surface area contributed by atoms with E-state index in [-0.39, 0.29) is 0 Å². The Bertz CT molecular complexity index is 4850. The first-order chi connectivity index (χ1) is 43.1. The first kappa shape index (κ1) is 49.5. The topological polar surface area (TPSA) is 126 Å². The maximum Gasteiger partial charge on any atom is 0.135 e. The Morgan fingerprint density at radius 1 is 0.207 bits per heavy atom. The molecule has 11 heterocycles. The van der Waals surface area contributed by atoms with Gasteiger partial charge in [0, 0.05) is 138 Å². The molecule has 0 amide bonds. The number of benzene rings is 6. The summed E-state index contributed by atoms with van der Waals surface area (Å²) in [7, 11) is 0. The third kappa shape index (κ3) is 8.36. The minimum Gasteiger partial charge on any atom is -0.456 e.